The number of aliphatic carboxylic acids is 1. The molecule has 27 heavy (non-hydrogen) atoms. The van der Waals surface area contributed by atoms with Crippen molar-refractivity contribution in [1.29, 1.82) is 0 Å². The van der Waals surface area contributed by atoms with Crippen LogP contribution in [0.1, 0.15) is 21.5 Å². The number of phenols is 1. The van der Waals surface area contributed by atoms with Gasteiger partial charge in [-0.3, -0.25) is 9.59 Å². The Kier molecular flexibility index (Phi) is 5.33. The van der Waals surface area contributed by atoms with Gasteiger partial charge in [0.25, 0.3) is 0 Å². The first-order valence-electron chi connectivity index (χ1n) is 8.47. The molecule has 5 heteroatoms. The Morgan fingerprint density at radius 1 is 0.889 bits per heavy atom. The first kappa shape index (κ1) is 18.4. The van der Waals surface area contributed by atoms with Gasteiger partial charge in [-0.1, -0.05) is 60.7 Å². The molecule has 3 rings (SSSR count). The minimum atomic E-state index is -1.11. The summed E-state index contributed by atoms with van der Waals surface area (Å²) in [5, 5.41) is 19.1. The highest BCUT2D eigenvalue weighted by Gasteiger charge is 2.19. The Balaban J connectivity index is 2.11. The van der Waals surface area contributed by atoms with Gasteiger partial charge in [-0.25, -0.2) is 0 Å². The van der Waals surface area contributed by atoms with Gasteiger partial charge in [0.2, 0.25) is 0 Å². The van der Waals surface area contributed by atoms with Crippen molar-refractivity contribution in [3.8, 4) is 16.9 Å². The van der Waals surface area contributed by atoms with E-state index >= 15 is 0 Å². The van der Waals surface area contributed by atoms with Crippen LogP contribution in [0.5, 0.6) is 5.75 Å². The van der Waals surface area contributed by atoms with E-state index in [1.807, 2.05) is 6.07 Å². The zero-order valence-corrected chi connectivity index (χ0v) is 14.5. The maximum atomic E-state index is 13.0. The normalized spacial score (nSPS) is 11.7. The fourth-order valence-electron chi connectivity index (χ4n) is 2.98. The minimum Gasteiger partial charge on any atom is -0.508 e. The molecule has 0 radical (unpaired) electrons. The van der Waals surface area contributed by atoms with E-state index in [0.29, 0.717) is 27.8 Å². The number of phenolic OH excluding ortho intramolecular Hbond substituents is 1. The van der Waals surface area contributed by atoms with Gasteiger partial charge >= 0.3 is 5.97 Å². The number of hydrogen-bond acceptors (Lipinski definition) is 4. The summed E-state index contributed by atoms with van der Waals surface area (Å²) in [4.78, 5) is 24.1. The summed E-state index contributed by atoms with van der Waals surface area (Å²) in [6, 6.07) is 19.5. The molecule has 1 atom stereocenters. The molecule has 0 saturated heterocycles. The van der Waals surface area contributed by atoms with Crippen LogP contribution in [0.4, 0.5) is 0 Å². The fraction of sp³-hybridized carbons (Fsp3) is 0.0909. The van der Waals surface area contributed by atoms with Gasteiger partial charge in [0, 0.05) is 11.1 Å². The number of carboxylic acids is 1. The summed E-state index contributed by atoms with van der Waals surface area (Å²) in [5.41, 5.74) is 8.57. The molecule has 0 saturated carbocycles. The highest BCUT2D eigenvalue weighted by molar-refractivity contribution is 6.13. The van der Waals surface area contributed by atoms with Gasteiger partial charge in [-0.05, 0) is 35.2 Å². The van der Waals surface area contributed by atoms with Gasteiger partial charge in [-0.15, -0.1) is 0 Å². The number of ketones is 1. The molecule has 0 bridgehead atoms. The van der Waals surface area contributed by atoms with Crippen LogP contribution >= 0.6 is 0 Å². The van der Waals surface area contributed by atoms with E-state index in [0.717, 1.165) is 0 Å². The fourth-order valence-corrected chi connectivity index (χ4v) is 2.98. The van der Waals surface area contributed by atoms with Crippen molar-refractivity contribution in [2.24, 2.45) is 5.73 Å². The predicted octanol–water partition coefficient (Wildman–Crippen LogP) is 3.24. The maximum Gasteiger partial charge on any atom is 0.320 e. The number of nitrogens with two attached hydrogens (primary N) is 1. The molecule has 0 fully saturated rings. The summed E-state index contributed by atoms with van der Waals surface area (Å²) in [6.07, 6.45) is 0.0822. The van der Waals surface area contributed by atoms with Crippen LogP contribution in [-0.4, -0.2) is 28.0 Å². The summed E-state index contributed by atoms with van der Waals surface area (Å²) in [7, 11) is 0. The first-order valence-corrected chi connectivity index (χ1v) is 8.47. The largest absolute Gasteiger partial charge is 0.508 e. The lowest BCUT2D eigenvalue weighted by Crippen LogP contribution is -2.32. The second-order valence-electron chi connectivity index (χ2n) is 6.23. The lowest BCUT2D eigenvalue weighted by molar-refractivity contribution is -0.138. The number of carbonyl (C=O) groups is 2. The number of carboxylic acid groups (broad SMARTS) is 1. The molecule has 0 aliphatic rings. The summed E-state index contributed by atoms with van der Waals surface area (Å²) in [6.45, 7) is 0. The Labute approximate surface area is 156 Å². The van der Waals surface area contributed by atoms with Crippen LogP contribution in [0.25, 0.3) is 11.1 Å². The lowest BCUT2D eigenvalue weighted by atomic mass is 9.89. The van der Waals surface area contributed by atoms with Crippen LogP contribution in [0.2, 0.25) is 0 Å². The van der Waals surface area contributed by atoms with Crippen LogP contribution < -0.4 is 5.73 Å². The van der Waals surface area contributed by atoms with Crippen molar-refractivity contribution in [2.45, 2.75) is 12.5 Å². The third-order valence-corrected chi connectivity index (χ3v) is 4.35. The zero-order valence-electron chi connectivity index (χ0n) is 14.5. The van der Waals surface area contributed by atoms with Gasteiger partial charge in [0.1, 0.15) is 11.8 Å². The average Bonchev–Trinajstić information content (AvgIpc) is 2.69. The van der Waals surface area contributed by atoms with E-state index in [-0.39, 0.29) is 18.0 Å². The van der Waals surface area contributed by atoms with Gasteiger partial charge < -0.3 is 15.9 Å². The van der Waals surface area contributed by atoms with Crippen molar-refractivity contribution in [1.82, 2.24) is 0 Å². The summed E-state index contributed by atoms with van der Waals surface area (Å²) in [5.74, 6) is -1.23. The second kappa shape index (κ2) is 7.85. The molecule has 0 aliphatic carbocycles. The second-order valence-corrected chi connectivity index (χ2v) is 6.23. The quantitative estimate of drug-likeness (QED) is 0.585. The standard InChI is InChI=1S/C22H19NO4/c23-20(22(26)27)12-15-10-11-16(24)13-19(15)17-8-4-5-9-18(17)21(25)14-6-2-1-3-7-14/h1-11,13,20,24H,12,23H2,(H,26,27)/t20-/m0/s1. The molecular weight excluding hydrogens is 342 g/mol. The van der Waals surface area contributed by atoms with E-state index in [2.05, 4.69) is 0 Å². The van der Waals surface area contributed by atoms with Crippen molar-refractivity contribution < 1.29 is 19.8 Å². The van der Waals surface area contributed by atoms with E-state index in [1.54, 1.807) is 54.6 Å². The maximum absolute atomic E-state index is 13.0. The molecule has 5 nitrogen and oxygen atoms in total. The first-order chi connectivity index (χ1) is 13.0. The monoisotopic (exact) mass is 361 g/mol. The molecule has 4 N–H and O–H groups in total. The Morgan fingerprint density at radius 2 is 1.56 bits per heavy atom. The van der Waals surface area contributed by atoms with E-state index in [9.17, 15) is 14.7 Å². The number of aromatic hydroxyl groups is 1. The van der Waals surface area contributed by atoms with Crippen LogP contribution in [0.15, 0.2) is 72.8 Å². The van der Waals surface area contributed by atoms with Crippen molar-refractivity contribution in [3.63, 3.8) is 0 Å². The Bertz CT molecular complexity index is 983. The van der Waals surface area contributed by atoms with Crippen molar-refractivity contribution in [3.05, 3.63) is 89.5 Å². The Hall–Kier alpha value is -3.44. The van der Waals surface area contributed by atoms with E-state index < -0.39 is 12.0 Å². The average molecular weight is 361 g/mol. The SMILES string of the molecule is N[C@@H](Cc1ccc(O)cc1-c1ccccc1C(=O)c1ccccc1)C(=O)O. The Morgan fingerprint density at radius 3 is 2.26 bits per heavy atom. The zero-order chi connectivity index (χ0) is 19.4. The van der Waals surface area contributed by atoms with Crippen LogP contribution in [0, 0.1) is 0 Å². The molecular formula is C22H19NO4. The molecule has 0 heterocycles. The topological polar surface area (TPSA) is 101 Å². The third-order valence-electron chi connectivity index (χ3n) is 4.35. The molecule has 0 unspecified atom stereocenters. The number of hydrogen-bond donors (Lipinski definition) is 3. The molecule has 3 aromatic carbocycles. The third kappa shape index (κ3) is 4.04. The lowest BCUT2D eigenvalue weighted by Gasteiger charge is -2.15. The molecule has 3 aromatic rings. The smallest absolute Gasteiger partial charge is 0.320 e. The molecule has 0 amide bonds. The summed E-state index contributed by atoms with van der Waals surface area (Å²) >= 11 is 0. The minimum absolute atomic E-state index is 0.0274. The highest BCUT2D eigenvalue weighted by atomic mass is 16.4. The molecule has 0 aliphatic heterocycles. The van der Waals surface area contributed by atoms with Gasteiger partial charge in [-0.2, -0.15) is 0 Å². The number of carbonyl (C=O) groups excluding carboxylic acids is 1. The summed E-state index contributed by atoms with van der Waals surface area (Å²) < 4.78 is 0. The number of rotatable bonds is 6. The van der Waals surface area contributed by atoms with Crippen molar-refractivity contribution in [2.75, 3.05) is 0 Å². The van der Waals surface area contributed by atoms with E-state index in [1.165, 1.54) is 12.1 Å². The van der Waals surface area contributed by atoms with Gasteiger partial charge in [0.05, 0.1) is 0 Å². The molecule has 0 aromatic heterocycles. The molecule has 0 spiro atoms. The molecule has 136 valence electrons. The van der Waals surface area contributed by atoms with Gasteiger partial charge in [0.15, 0.2) is 5.78 Å². The van der Waals surface area contributed by atoms with Crippen LogP contribution in [-0.2, 0) is 11.2 Å². The van der Waals surface area contributed by atoms with Crippen molar-refractivity contribution >= 4 is 11.8 Å². The highest BCUT2D eigenvalue weighted by Crippen LogP contribution is 2.32. The van der Waals surface area contributed by atoms with Crippen LogP contribution in [0.3, 0.4) is 0 Å². The number of benzene rings is 3. The predicted molar refractivity (Wildman–Crippen MR) is 103 cm³/mol. The van der Waals surface area contributed by atoms with E-state index in [4.69, 9.17) is 10.8 Å².